The van der Waals surface area contributed by atoms with E-state index in [2.05, 4.69) is 9.44 Å². The topological polar surface area (TPSA) is 92.3 Å². The third-order valence-electron chi connectivity index (χ3n) is 4.74. The summed E-state index contributed by atoms with van der Waals surface area (Å²) in [6.45, 7) is 0. The Morgan fingerprint density at radius 2 is 0.967 bits per heavy atom. The summed E-state index contributed by atoms with van der Waals surface area (Å²) in [6, 6.07) is 2.92. The number of benzene rings is 2. The van der Waals surface area contributed by atoms with Gasteiger partial charge in [0.2, 0.25) is 20.0 Å². The molecule has 1 saturated carbocycles. The van der Waals surface area contributed by atoms with Crippen molar-refractivity contribution in [1.29, 1.82) is 0 Å². The smallest absolute Gasteiger partial charge is 0.208 e. The lowest BCUT2D eigenvalue weighted by Crippen LogP contribution is -2.44. The molecule has 164 valence electrons. The molecule has 2 aromatic rings. The molecule has 1 aliphatic carbocycles. The minimum atomic E-state index is -4.31. The normalized spacial score (nSPS) is 20.3. The summed E-state index contributed by atoms with van der Waals surface area (Å²) in [5.74, 6) is -4.00. The lowest BCUT2D eigenvalue weighted by Gasteiger charge is -2.29. The second-order valence-electron chi connectivity index (χ2n) is 6.94. The number of hydrogen-bond donors (Lipinski definition) is 2. The van der Waals surface area contributed by atoms with Crippen LogP contribution in [0.1, 0.15) is 25.7 Å². The van der Waals surface area contributed by atoms with Gasteiger partial charge < -0.3 is 0 Å². The zero-order valence-electron chi connectivity index (χ0n) is 15.4. The Balaban J connectivity index is 1.63. The van der Waals surface area contributed by atoms with Gasteiger partial charge in [-0.05, 0) is 62.1 Å². The third-order valence-corrected chi connectivity index (χ3v) is 7.81. The van der Waals surface area contributed by atoms with Gasteiger partial charge in [-0.25, -0.2) is 43.8 Å². The zero-order valence-corrected chi connectivity index (χ0v) is 17.0. The van der Waals surface area contributed by atoms with Crippen molar-refractivity contribution in [2.75, 3.05) is 0 Å². The highest BCUT2D eigenvalue weighted by atomic mass is 32.2. The van der Waals surface area contributed by atoms with Crippen LogP contribution < -0.4 is 9.44 Å². The molecule has 0 amide bonds. The molecule has 0 atom stereocenters. The van der Waals surface area contributed by atoms with Crippen molar-refractivity contribution in [2.24, 2.45) is 0 Å². The van der Waals surface area contributed by atoms with Gasteiger partial charge in [0.25, 0.3) is 0 Å². The van der Waals surface area contributed by atoms with Gasteiger partial charge in [-0.3, -0.25) is 0 Å². The molecule has 2 aromatic carbocycles. The van der Waals surface area contributed by atoms with Crippen LogP contribution in [0.25, 0.3) is 0 Å². The fourth-order valence-corrected chi connectivity index (χ4v) is 6.05. The summed E-state index contributed by atoms with van der Waals surface area (Å²) in [5, 5.41) is 0. The first-order valence-electron chi connectivity index (χ1n) is 8.93. The van der Waals surface area contributed by atoms with Gasteiger partial charge in [-0.15, -0.1) is 0 Å². The first kappa shape index (κ1) is 22.7. The van der Waals surface area contributed by atoms with Crippen molar-refractivity contribution in [3.8, 4) is 0 Å². The molecule has 1 fully saturated rings. The van der Waals surface area contributed by atoms with Crippen molar-refractivity contribution in [3.05, 3.63) is 59.7 Å². The van der Waals surface area contributed by atoms with E-state index in [0.717, 1.165) is 12.1 Å². The molecule has 1 aliphatic rings. The Labute approximate surface area is 171 Å². The maximum Gasteiger partial charge on any atom is 0.243 e. The van der Waals surface area contributed by atoms with Crippen LogP contribution in [0.4, 0.5) is 17.6 Å². The summed E-state index contributed by atoms with van der Waals surface area (Å²) in [5.41, 5.74) is 0. The maximum absolute atomic E-state index is 13.8. The summed E-state index contributed by atoms with van der Waals surface area (Å²) >= 11 is 0. The number of nitrogens with one attached hydrogen (secondary N) is 2. The first-order chi connectivity index (χ1) is 14.0. The quantitative estimate of drug-likeness (QED) is 0.641. The fourth-order valence-electron chi connectivity index (χ4n) is 3.26. The van der Waals surface area contributed by atoms with Gasteiger partial charge in [-0.1, -0.05) is 0 Å². The summed E-state index contributed by atoms with van der Waals surface area (Å²) < 4.78 is 108. The van der Waals surface area contributed by atoms with Crippen LogP contribution in [0.15, 0.2) is 46.2 Å². The third kappa shape index (κ3) is 5.17. The van der Waals surface area contributed by atoms with E-state index in [-0.39, 0.29) is 25.7 Å². The lowest BCUT2D eigenvalue weighted by atomic mass is 9.92. The van der Waals surface area contributed by atoms with Gasteiger partial charge in [0.1, 0.15) is 33.1 Å². The van der Waals surface area contributed by atoms with Crippen LogP contribution in [0, 0.1) is 23.3 Å². The van der Waals surface area contributed by atoms with Gasteiger partial charge in [-0.2, -0.15) is 0 Å². The average molecular weight is 466 g/mol. The average Bonchev–Trinajstić information content (AvgIpc) is 2.66. The van der Waals surface area contributed by atoms with E-state index < -0.39 is 65.2 Å². The molecule has 30 heavy (non-hydrogen) atoms. The van der Waals surface area contributed by atoms with Crippen molar-refractivity contribution in [3.63, 3.8) is 0 Å². The van der Waals surface area contributed by atoms with Crippen molar-refractivity contribution in [1.82, 2.24) is 9.44 Å². The second kappa shape index (κ2) is 8.61. The molecule has 0 unspecified atom stereocenters. The van der Waals surface area contributed by atoms with Gasteiger partial charge in [0.05, 0.1) is 0 Å². The van der Waals surface area contributed by atoms with Crippen LogP contribution in [-0.2, 0) is 20.0 Å². The fraction of sp³-hybridized carbons (Fsp3) is 0.333. The maximum atomic E-state index is 13.8. The molecule has 0 aliphatic heterocycles. The molecule has 0 spiro atoms. The van der Waals surface area contributed by atoms with E-state index >= 15 is 0 Å². The van der Waals surface area contributed by atoms with Crippen LogP contribution in [0.2, 0.25) is 0 Å². The molecule has 12 heteroatoms. The van der Waals surface area contributed by atoms with Crippen molar-refractivity contribution < 1.29 is 34.4 Å². The molecule has 0 heterocycles. The molecule has 0 radical (unpaired) electrons. The molecule has 2 N–H and O–H groups in total. The number of hydrogen-bond acceptors (Lipinski definition) is 4. The lowest BCUT2D eigenvalue weighted by molar-refractivity contribution is 0.355. The second-order valence-corrected chi connectivity index (χ2v) is 10.3. The monoisotopic (exact) mass is 466 g/mol. The Morgan fingerprint density at radius 3 is 1.30 bits per heavy atom. The van der Waals surface area contributed by atoms with E-state index in [0.29, 0.717) is 24.3 Å². The predicted octanol–water partition coefficient (Wildman–Crippen LogP) is 2.81. The minimum absolute atomic E-state index is 0.203. The molecule has 0 bridgehead atoms. The molecule has 3 rings (SSSR count). The summed E-state index contributed by atoms with van der Waals surface area (Å²) in [6.07, 6.45) is 0.813. The summed E-state index contributed by atoms with van der Waals surface area (Å²) in [7, 11) is -8.63. The standard InChI is InChI=1S/C18H18F4N2O4S2/c19-11-1-7-15(21)17(9-11)29(25,26)23-13-3-5-14(6-4-13)24-30(27,28)18-10-12(20)2-8-16(18)22/h1-2,7-10,13-14,23-24H,3-6H2. The Bertz CT molecular complexity index is 1060. The molecular formula is C18H18F4N2O4S2. The number of rotatable bonds is 6. The Kier molecular flexibility index (Phi) is 6.51. The predicted molar refractivity (Wildman–Crippen MR) is 99.4 cm³/mol. The molecule has 0 aromatic heterocycles. The van der Waals surface area contributed by atoms with E-state index in [1.165, 1.54) is 0 Å². The zero-order chi connectivity index (χ0) is 22.1. The van der Waals surface area contributed by atoms with Crippen molar-refractivity contribution in [2.45, 2.75) is 47.6 Å². The first-order valence-corrected chi connectivity index (χ1v) is 11.9. The van der Waals surface area contributed by atoms with Gasteiger partial charge in [0.15, 0.2) is 0 Å². The van der Waals surface area contributed by atoms with E-state index in [1.807, 2.05) is 0 Å². The number of halogens is 4. The van der Waals surface area contributed by atoms with E-state index in [1.54, 1.807) is 0 Å². The van der Waals surface area contributed by atoms with Crippen LogP contribution in [-0.4, -0.2) is 28.9 Å². The Morgan fingerprint density at radius 1 is 0.633 bits per heavy atom. The highest BCUT2D eigenvalue weighted by Crippen LogP contribution is 2.24. The largest absolute Gasteiger partial charge is 0.243 e. The molecule has 0 saturated heterocycles. The van der Waals surface area contributed by atoms with E-state index in [4.69, 9.17) is 0 Å². The van der Waals surface area contributed by atoms with Gasteiger partial charge in [0, 0.05) is 12.1 Å². The van der Waals surface area contributed by atoms with Crippen molar-refractivity contribution >= 4 is 20.0 Å². The van der Waals surface area contributed by atoms with Crippen LogP contribution in [0.5, 0.6) is 0 Å². The summed E-state index contributed by atoms with van der Waals surface area (Å²) in [4.78, 5) is -1.63. The van der Waals surface area contributed by atoms with Gasteiger partial charge >= 0.3 is 0 Å². The Hall–Kier alpha value is -2.02. The minimum Gasteiger partial charge on any atom is -0.208 e. The SMILES string of the molecule is O=S(=O)(NC1CCC(NS(=O)(=O)c2cc(F)ccc2F)CC1)c1cc(F)ccc1F. The highest BCUT2D eigenvalue weighted by molar-refractivity contribution is 7.89. The number of sulfonamides is 2. The van der Waals surface area contributed by atoms with Crippen LogP contribution >= 0.6 is 0 Å². The highest BCUT2D eigenvalue weighted by Gasteiger charge is 2.30. The molecule has 6 nitrogen and oxygen atoms in total. The molecular weight excluding hydrogens is 448 g/mol. The van der Waals surface area contributed by atoms with E-state index in [9.17, 15) is 34.4 Å². The van der Waals surface area contributed by atoms with Crippen LogP contribution in [0.3, 0.4) is 0 Å².